The van der Waals surface area contributed by atoms with E-state index in [4.69, 9.17) is 4.74 Å². The zero-order valence-corrected chi connectivity index (χ0v) is 9.77. The lowest BCUT2D eigenvalue weighted by molar-refractivity contribution is -0.968. The van der Waals surface area contributed by atoms with E-state index in [1.807, 2.05) is 18.2 Å². The molecule has 2 heteroatoms. The number of hydrogen-bond donors (Lipinski definition) is 0. The summed E-state index contributed by atoms with van der Waals surface area (Å²) in [5, 5.41) is 0. The van der Waals surface area contributed by atoms with Gasteiger partial charge < -0.3 is 9.22 Å². The summed E-state index contributed by atoms with van der Waals surface area (Å²) in [6.45, 7) is 5.49. The van der Waals surface area contributed by atoms with E-state index in [0.717, 1.165) is 5.75 Å². The molecule has 0 radical (unpaired) electrons. The van der Waals surface area contributed by atoms with Crippen LogP contribution in [0.1, 0.15) is 19.3 Å². The van der Waals surface area contributed by atoms with Crippen molar-refractivity contribution in [3.8, 4) is 5.75 Å². The van der Waals surface area contributed by atoms with Crippen LogP contribution in [0.15, 0.2) is 30.3 Å². The average Bonchev–Trinajstić information content (AvgIpc) is 2.29. The van der Waals surface area contributed by atoms with Gasteiger partial charge in [-0.25, -0.2) is 0 Å². The first-order chi connectivity index (χ1) is 7.86. The third-order valence-electron chi connectivity index (χ3n) is 4.16. The molecule has 2 aliphatic rings. The summed E-state index contributed by atoms with van der Waals surface area (Å²) < 4.78 is 7.39. The van der Waals surface area contributed by atoms with Crippen molar-refractivity contribution < 1.29 is 9.22 Å². The van der Waals surface area contributed by atoms with E-state index in [1.165, 1.54) is 49.9 Å². The molecule has 86 valence electrons. The van der Waals surface area contributed by atoms with Crippen LogP contribution < -0.4 is 4.74 Å². The summed E-state index contributed by atoms with van der Waals surface area (Å²) in [4.78, 5) is 0. The highest BCUT2D eigenvalue weighted by Crippen LogP contribution is 2.28. The fourth-order valence-corrected chi connectivity index (χ4v) is 2.95. The largest absolute Gasteiger partial charge is 0.490 e. The monoisotopic (exact) mass is 218 g/mol. The topological polar surface area (TPSA) is 9.23 Å². The molecule has 1 aromatic rings. The Morgan fingerprint density at radius 3 is 2.19 bits per heavy atom. The van der Waals surface area contributed by atoms with E-state index in [2.05, 4.69) is 12.1 Å². The molecule has 1 aromatic carbocycles. The zero-order chi connectivity index (χ0) is 10.8. The molecule has 0 N–H and O–H groups in total. The number of quaternary nitrogens is 1. The number of rotatable bonds is 2. The summed E-state index contributed by atoms with van der Waals surface area (Å²) in [5.74, 6) is 1.03. The first-order valence-corrected chi connectivity index (χ1v) is 6.43. The van der Waals surface area contributed by atoms with Gasteiger partial charge in [0.25, 0.3) is 0 Å². The van der Waals surface area contributed by atoms with E-state index in [1.54, 1.807) is 0 Å². The van der Waals surface area contributed by atoms with Crippen molar-refractivity contribution in [2.45, 2.75) is 25.4 Å². The molecule has 0 unspecified atom stereocenters. The minimum atomic E-state index is 0.451. The molecular formula is C14H20NO+. The lowest BCUT2D eigenvalue weighted by atomic mass is 9.99. The lowest BCUT2D eigenvalue weighted by Crippen LogP contribution is -2.62. The van der Waals surface area contributed by atoms with Crippen molar-refractivity contribution in [2.24, 2.45) is 0 Å². The van der Waals surface area contributed by atoms with Gasteiger partial charge in [0.15, 0.2) is 0 Å². The van der Waals surface area contributed by atoms with Crippen molar-refractivity contribution >= 4 is 0 Å². The van der Waals surface area contributed by atoms with Gasteiger partial charge in [-0.2, -0.15) is 0 Å². The Labute approximate surface area is 97.4 Å². The van der Waals surface area contributed by atoms with Crippen molar-refractivity contribution in [3.05, 3.63) is 30.3 Å². The maximum Gasteiger partial charge on any atom is 0.119 e. The van der Waals surface area contributed by atoms with Crippen LogP contribution in [0.5, 0.6) is 5.75 Å². The summed E-state index contributed by atoms with van der Waals surface area (Å²) >= 11 is 0. The van der Waals surface area contributed by atoms with E-state index in [0.29, 0.717) is 6.10 Å². The van der Waals surface area contributed by atoms with Crippen molar-refractivity contribution in [1.82, 2.24) is 0 Å². The first-order valence-electron chi connectivity index (χ1n) is 6.43. The molecule has 0 amide bonds. The van der Waals surface area contributed by atoms with Gasteiger partial charge in [0, 0.05) is 19.3 Å². The molecule has 2 nitrogen and oxygen atoms in total. The summed E-state index contributed by atoms with van der Waals surface area (Å²) in [6.07, 6.45) is 4.35. The predicted octanol–water partition coefficient (Wildman–Crippen LogP) is 2.45. The second-order valence-corrected chi connectivity index (χ2v) is 5.22. The maximum absolute atomic E-state index is 6.01. The summed E-state index contributed by atoms with van der Waals surface area (Å²) in [6, 6.07) is 10.2. The second kappa shape index (κ2) is 4.10. The predicted molar refractivity (Wildman–Crippen MR) is 64.4 cm³/mol. The van der Waals surface area contributed by atoms with Crippen LogP contribution in [0.3, 0.4) is 0 Å². The SMILES string of the molecule is c1ccc(OC2CC[N+]3(CCC3)CC2)cc1. The summed E-state index contributed by atoms with van der Waals surface area (Å²) in [7, 11) is 0. The molecule has 0 atom stereocenters. The molecule has 3 rings (SSSR count). The van der Waals surface area contributed by atoms with Crippen LogP contribution in [0.25, 0.3) is 0 Å². The molecule has 2 fully saturated rings. The molecule has 2 saturated heterocycles. The summed E-state index contributed by atoms with van der Waals surface area (Å²) in [5.41, 5.74) is 0. The zero-order valence-electron chi connectivity index (χ0n) is 9.77. The Bertz CT molecular complexity index is 335. The number of ether oxygens (including phenoxy) is 1. The van der Waals surface area contributed by atoms with Gasteiger partial charge in [0.2, 0.25) is 0 Å². The van der Waals surface area contributed by atoms with Crippen molar-refractivity contribution in [3.63, 3.8) is 0 Å². The van der Waals surface area contributed by atoms with E-state index >= 15 is 0 Å². The quantitative estimate of drug-likeness (QED) is 0.693. The minimum absolute atomic E-state index is 0.451. The van der Waals surface area contributed by atoms with Crippen LogP contribution in [0.2, 0.25) is 0 Å². The molecule has 0 bridgehead atoms. The van der Waals surface area contributed by atoms with Gasteiger partial charge in [0.05, 0.1) is 26.2 Å². The van der Waals surface area contributed by atoms with Crippen LogP contribution >= 0.6 is 0 Å². The fourth-order valence-electron chi connectivity index (χ4n) is 2.95. The van der Waals surface area contributed by atoms with Crippen LogP contribution in [0, 0.1) is 0 Å². The van der Waals surface area contributed by atoms with Crippen LogP contribution in [-0.4, -0.2) is 36.8 Å². The van der Waals surface area contributed by atoms with Crippen molar-refractivity contribution in [2.75, 3.05) is 26.2 Å². The number of benzene rings is 1. The normalized spacial score (nSPS) is 24.0. The maximum atomic E-state index is 6.01. The van der Waals surface area contributed by atoms with Gasteiger partial charge in [0.1, 0.15) is 11.9 Å². The highest BCUT2D eigenvalue weighted by atomic mass is 16.5. The standard InChI is InChI=1S/C14H20NO/c1-2-5-13(6-3-1)16-14-7-11-15(12-8-14)9-4-10-15/h1-3,5-6,14H,4,7-12H2/q+1. The number of nitrogens with zero attached hydrogens (tertiary/aromatic N) is 1. The van der Waals surface area contributed by atoms with Gasteiger partial charge in [-0.15, -0.1) is 0 Å². The third kappa shape index (κ3) is 1.94. The third-order valence-corrected chi connectivity index (χ3v) is 4.16. The average molecular weight is 218 g/mol. The lowest BCUT2D eigenvalue weighted by Gasteiger charge is -2.49. The second-order valence-electron chi connectivity index (χ2n) is 5.22. The van der Waals surface area contributed by atoms with E-state index < -0.39 is 0 Å². The minimum Gasteiger partial charge on any atom is -0.490 e. The molecule has 2 heterocycles. The highest BCUT2D eigenvalue weighted by molar-refractivity contribution is 5.21. The fraction of sp³-hybridized carbons (Fsp3) is 0.571. The van der Waals surface area contributed by atoms with Crippen LogP contribution in [0.4, 0.5) is 0 Å². The number of hydrogen-bond acceptors (Lipinski definition) is 1. The Hall–Kier alpha value is -1.02. The molecule has 0 saturated carbocycles. The molecule has 2 aliphatic heterocycles. The van der Waals surface area contributed by atoms with Gasteiger partial charge >= 0.3 is 0 Å². The first kappa shape index (κ1) is 10.2. The number of piperidine rings is 1. The smallest absolute Gasteiger partial charge is 0.119 e. The van der Waals surface area contributed by atoms with Gasteiger partial charge in [-0.05, 0) is 12.1 Å². The van der Waals surface area contributed by atoms with Gasteiger partial charge in [-0.3, -0.25) is 0 Å². The highest BCUT2D eigenvalue weighted by Gasteiger charge is 2.39. The Balaban J connectivity index is 1.54. The Kier molecular flexibility index (Phi) is 2.60. The molecule has 16 heavy (non-hydrogen) atoms. The number of para-hydroxylation sites is 1. The molecule has 0 aliphatic carbocycles. The van der Waals surface area contributed by atoms with Crippen LogP contribution in [-0.2, 0) is 0 Å². The van der Waals surface area contributed by atoms with E-state index in [9.17, 15) is 0 Å². The molecular weight excluding hydrogens is 198 g/mol. The van der Waals surface area contributed by atoms with E-state index in [-0.39, 0.29) is 0 Å². The van der Waals surface area contributed by atoms with Crippen molar-refractivity contribution in [1.29, 1.82) is 0 Å². The molecule has 0 aromatic heterocycles. The Morgan fingerprint density at radius 2 is 1.62 bits per heavy atom. The Morgan fingerprint density at radius 1 is 0.938 bits per heavy atom. The molecule has 1 spiro atoms. The van der Waals surface area contributed by atoms with Gasteiger partial charge in [-0.1, -0.05) is 18.2 Å².